The van der Waals surface area contributed by atoms with Crippen LogP contribution in [0.3, 0.4) is 0 Å². The third-order valence-electron chi connectivity index (χ3n) is 3.17. The number of hydrogen-bond donors (Lipinski definition) is 0. The van der Waals surface area contributed by atoms with Gasteiger partial charge in [0.1, 0.15) is 6.29 Å². The molecular formula is C15H20O. The number of aryl methyl sites for hydroxylation is 2. The monoisotopic (exact) mass is 216 g/mol. The van der Waals surface area contributed by atoms with Crippen LogP contribution in [-0.4, -0.2) is 6.29 Å². The average Bonchev–Trinajstić information content (AvgIpc) is 2.21. The highest BCUT2D eigenvalue weighted by atomic mass is 16.1. The lowest BCUT2D eigenvalue weighted by Crippen LogP contribution is -2.08. The Bertz CT molecular complexity index is 370. The van der Waals surface area contributed by atoms with Gasteiger partial charge in [-0.2, -0.15) is 0 Å². The Hall–Kier alpha value is -1.37. The molecule has 0 heterocycles. The molecule has 0 radical (unpaired) electrons. The lowest BCUT2D eigenvalue weighted by Gasteiger charge is -2.17. The molecule has 0 aliphatic carbocycles. The summed E-state index contributed by atoms with van der Waals surface area (Å²) in [4.78, 5) is 10.6. The Morgan fingerprint density at radius 3 is 2.38 bits per heavy atom. The summed E-state index contributed by atoms with van der Waals surface area (Å²) in [5, 5.41) is 0. The Balaban J connectivity index is 2.93. The first-order chi connectivity index (χ1) is 7.56. The van der Waals surface area contributed by atoms with E-state index in [2.05, 4.69) is 38.6 Å². The summed E-state index contributed by atoms with van der Waals surface area (Å²) in [7, 11) is 0. The zero-order valence-corrected chi connectivity index (χ0v) is 10.4. The zero-order valence-electron chi connectivity index (χ0n) is 10.4. The Kier molecular flexibility index (Phi) is 4.48. The van der Waals surface area contributed by atoms with E-state index in [0.717, 1.165) is 18.3 Å². The van der Waals surface area contributed by atoms with Crippen LogP contribution >= 0.6 is 0 Å². The van der Waals surface area contributed by atoms with Gasteiger partial charge in [0.15, 0.2) is 0 Å². The van der Waals surface area contributed by atoms with E-state index < -0.39 is 0 Å². The second kappa shape index (κ2) is 5.64. The second-order valence-electron chi connectivity index (χ2n) is 4.52. The van der Waals surface area contributed by atoms with Crippen LogP contribution in [0.15, 0.2) is 30.4 Å². The average molecular weight is 216 g/mol. The van der Waals surface area contributed by atoms with Crippen LogP contribution in [0.1, 0.15) is 30.0 Å². The summed E-state index contributed by atoms with van der Waals surface area (Å²) in [5.41, 5.74) is 5.06. The van der Waals surface area contributed by atoms with Crippen LogP contribution in [0.4, 0.5) is 0 Å². The number of carbonyl (C=O) groups excluding carboxylic acids is 1. The van der Waals surface area contributed by atoms with Crippen molar-refractivity contribution in [2.75, 3.05) is 0 Å². The zero-order chi connectivity index (χ0) is 12.1. The van der Waals surface area contributed by atoms with Gasteiger partial charge in [-0.15, -0.1) is 0 Å². The van der Waals surface area contributed by atoms with Gasteiger partial charge in [-0.25, -0.2) is 0 Å². The molecule has 0 saturated carbocycles. The molecule has 86 valence electrons. The summed E-state index contributed by atoms with van der Waals surface area (Å²) in [6, 6.07) is 6.32. The maximum Gasteiger partial charge on any atom is 0.120 e. The topological polar surface area (TPSA) is 17.1 Å². The van der Waals surface area contributed by atoms with Crippen LogP contribution in [0, 0.1) is 19.8 Å². The summed E-state index contributed by atoms with van der Waals surface area (Å²) < 4.78 is 0. The van der Waals surface area contributed by atoms with Gasteiger partial charge >= 0.3 is 0 Å². The fourth-order valence-corrected chi connectivity index (χ4v) is 1.99. The van der Waals surface area contributed by atoms with Crippen molar-refractivity contribution in [2.45, 2.75) is 33.6 Å². The molecule has 0 unspecified atom stereocenters. The van der Waals surface area contributed by atoms with E-state index in [1.54, 1.807) is 0 Å². The first-order valence-electron chi connectivity index (χ1n) is 5.70. The van der Waals surface area contributed by atoms with Gasteiger partial charge in [0.2, 0.25) is 0 Å². The largest absolute Gasteiger partial charge is 0.303 e. The molecule has 1 aromatic rings. The van der Waals surface area contributed by atoms with Gasteiger partial charge in [-0.1, -0.05) is 30.4 Å². The van der Waals surface area contributed by atoms with Crippen molar-refractivity contribution in [1.29, 1.82) is 0 Å². The molecule has 0 aromatic heterocycles. The lowest BCUT2D eigenvalue weighted by atomic mass is 9.87. The van der Waals surface area contributed by atoms with Gasteiger partial charge < -0.3 is 4.79 Å². The van der Waals surface area contributed by atoms with Crippen molar-refractivity contribution in [3.05, 3.63) is 47.0 Å². The minimum atomic E-state index is 0.275. The van der Waals surface area contributed by atoms with Gasteiger partial charge in [0.25, 0.3) is 0 Å². The maximum atomic E-state index is 10.6. The van der Waals surface area contributed by atoms with Crippen molar-refractivity contribution >= 4 is 6.29 Å². The summed E-state index contributed by atoms with van der Waals surface area (Å²) in [6.07, 6.45) is 2.49. The third kappa shape index (κ3) is 3.06. The number of allylic oxidation sites excluding steroid dienone is 1. The van der Waals surface area contributed by atoms with Crippen molar-refractivity contribution in [3.8, 4) is 0 Å². The molecule has 0 amide bonds. The van der Waals surface area contributed by atoms with E-state index in [9.17, 15) is 4.79 Å². The molecule has 1 atom stereocenters. The molecule has 0 saturated heterocycles. The van der Waals surface area contributed by atoms with E-state index in [4.69, 9.17) is 0 Å². The molecule has 16 heavy (non-hydrogen) atoms. The minimum Gasteiger partial charge on any atom is -0.303 e. The molecule has 0 bridgehead atoms. The second-order valence-corrected chi connectivity index (χ2v) is 4.52. The quantitative estimate of drug-likeness (QED) is 0.542. The van der Waals surface area contributed by atoms with Gasteiger partial charge in [0.05, 0.1) is 0 Å². The molecular weight excluding hydrogens is 196 g/mol. The summed E-state index contributed by atoms with van der Waals surface area (Å²) >= 11 is 0. The summed E-state index contributed by atoms with van der Waals surface area (Å²) in [5.74, 6) is 0.275. The molecule has 0 fully saturated rings. The van der Waals surface area contributed by atoms with Crippen molar-refractivity contribution in [3.63, 3.8) is 0 Å². The normalized spacial score (nSPS) is 12.2. The highest BCUT2D eigenvalue weighted by molar-refractivity contribution is 5.51. The first-order valence-corrected chi connectivity index (χ1v) is 5.70. The summed E-state index contributed by atoms with van der Waals surface area (Å²) in [6.45, 7) is 10.2. The first kappa shape index (κ1) is 12.7. The van der Waals surface area contributed by atoms with E-state index in [1.165, 1.54) is 16.7 Å². The number of hydrogen-bond acceptors (Lipinski definition) is 1. The molecule has 1 rings (SSSR count). The molecule has 1 heteroatoms. The van der Waals surface area contributed by atoms with Crippen molar-refractivity contribution in [1.82, 2.24) is 0 Å². The van der Waals surface area contributed by atoms with Gasteiger partial charge in [-0.3, -0.25) is 0 Å². The molecule has 1 nitrogen and oxygen atoms in total. The molecule has 0 spiro atoms. The number of benzene rings is 1. The molecule has 1 aromatic carbocycles. The fourth-order valence-electron chi connectivity index (χ4n) is 1.99. The highest BCUT2D eigenvalue weighted by Crippen LogP contribution is 2.23. The van der Waals surface area contributed by atoms with Crippen LogP contribution in [0.5, 0.6) is 0 Å². The molecule has 0 N–H and O–H groups in total. The van der Waals surface area contributed by atoms with Crippen LogP contribution in [0.25, 0.3) is 0 Å². The number of aldehydes is 1. The highest BCUT2D eigenvalue weighted by Gasteiger charge is 2.12. The fraction of sp³-hybridized carbons (Fsp3) is 0.400. The lowest BCUT2D eigenvalue weighted by molar-refractivity contribution is -0.108. The molecule has 0 aliphatic heterocycles. The predicted octanol–water partition coefficient (Wildman–Crippen LogP) is 3.63. The Morgan fingerprint density at radius 1 is 1.38 bits per heavy atom. The van der Waals surface area contributed by atoms with Crippen LogP contribution < -0.4 is 0 Å². The van der Waals surface area contributed by atoms with E-state index >= 15 is 0 Å². The minimum absolute atomic E-state index is 0.275. The third-order valence-corrected chi connectivity index (χ3v) is 3.17. The Labute approximate surface area is 98.2 Å². The molecule has 0 aliphatic rings. The van der Waals surface area contributed by atoms with Crippen LogP contribution in [0.2, 0.25) is 0 Å². The van der Waals surface area contributed by atoms with E-state index in [1.807, 2.05) is 6.92 Å². The van der Waals surface area contributed by atoms with Crippen LogP contribution in [-0.2, 0) is 11.2 Å². The Morgan fingerprint density at radius 2 is 1.94 bits per heavy atom. The number of rotatable bonds is 5. The maximum absolute atomic E-state index is 10.6. The van der Waals surface area contributed by atoms with E-state index in [0.29, 0.717) is 6.42 Å². The van der Waals surface area contributed by atoms with E-state index in [-0.39, 0.29) is 5.92 Å². The standard InChI is InChI=1S/C15H20O/c1-11(2)14(8-9-16)10-15-12(3)6-5-7-13(15)4/h5-7,9,14H,1,8,10H2,2-4H3/t14-/m1/s1. The van der Waals surface area contributed by atoms with Crippen molar-refractivity contribution < 1.29 is 4.79 Å². The van der Waals surface area contributed by atoms with Gasteiger partial charge in [0, 0.05) is 6.42 Å². The number of carbonyl (C=O) groups is 1. The van der Waals surface area contributed by atoms with Crippen molar-refractivity contribution in [2.24, 2.45) is 5.92 Å². The smallest absolute Gasteiger partial charge is 0.120 e. The predicted molar refractivity (Wildman–Crippen MR) is 68.6 cm³/mol. The van der Waals surface area contributed by atoms with Gasteiger partial charge in [-0.05, 0) is 49.8 Å². The SMILES string of the molecule is C=C(C)[C@H](CC=O)Cc1c(C)cccc1C.